The summed E-state index contributed by atoms with van der Waals surface area (Å²) in [4.78, 5) is 23.7. The maximum absolute atomic E-state index is 11.7. The van der Waals surface area contributed by atoms with E-state index >= 15 is 0 Å². The fourth-order valence-corrected chi connectivity index (χ4v) is 1.38. The van der Waals surface area contributed by atoms with Gasteiger partial charge in [-0.3, -0.25) is 4.79 Å². The molecule has 0 atom stereocenters. The lowest BCUT2D eigenvalue weighted by Gasteiger charge is -2.17. The second-order valence-corrected chi connectivity index (χ2v) is 4.08. The number of likely N-dealkylation sites (N-methyl/N-ethyl adjacent to an activating group) is 1. The van der Waals surface area contributed by atoms with E-state index in [9.17, 15) is 9.59 Å². The summed E-state index contributed by atoms with van der Waals surface area (Å²) in [6.07, 6.45) is 1.48. The van der Waals surface area contributed by atoms with Gasteiger partial charge in [0, 0.05) is 20.2 Å². The molecule has 0 saturated carbocycles. The van der Waals surface area contributed by atoms with E-state index in [4.69, 9.17) is 9.84 Å². The number of carbonyl (C=O) groups is 2. The van der Waals surface area contributed by atoms with Crippen molar-refractivity contribution in [1.29, 1.82) is 0 Å². The van der Waals surface area contributed by atoms with Crippen molar-refractivity contribution in [3.8, 4) is 0 Å². The van der Waals surface area contributed by atoms with Crippen LogP contribution >= 0.6 is 0 Å². The van der Waals surface area contributed by atoms with E-state index in [1.165, 1.54) is 15.8 Å². The van der Waals surface area contributed by atoms with Crippen molar-refractivity contribution < 1.29 is 19.4 Å². The molecule has 20 heavy (non-hydrogen) atoms. The molecule has 0 aliphatic carbocycles. The molecule has 1 rings (SSSR count). The van der Waals surface area contributed by atoms with Crippen LogP contribution in [0.5, 0.6) is 0 Å². The van der Waals surface area contributed by atoms with Gasteiger partial charge in [0.05, 0.1) is 19.3 Å². The van der Waals surface area contributed by atoms with Crippen molar-refractivity contribution in [1.82, 2.24) is 25.2 Å². The standard InChI is InChI=1S/C11H19N5O4/c1-3-20-5-4-15(2)11(19)12-6-9-7-16(14-13-9)8-10(17)18/h7H,3-6,8H2,1-2H3,(H,12,19)(H,17,18). The first-order chi connectivity index (χ1) is 9.52. The average Bonchev–Trinajstić information content (AvgIpc) is 2.82. The van der Waals surface area contributed by atoms with Crippen LogP contribution in [-0.2, 0) is 22.6 Å². The Balaban J connectivity index is 2.33. The monoisotopic (exact) mass is 285 g/mol. The Hall–Kier alpha value is -2.16. The molecule has 0 aromatic carbocycles. The minimum atomic E-state index is -0.999. The number of hydrogen-bond donors (Lipinski definition) is 2. The van der Waals surface area contributed by atoms with Crippen LogP contribution in [0.2, 0.25) is 0 Å². The minimum absolute atomic E-state index is 0.192. The number of carboxylic acids is 1. The lowest BCUT2D eigenvalue weighted by molar-refractivity contribution is -0.137. The summed E-state index contributed by atoms with van der Waals surface area (Å²) in [5, 5.41) is 18.7. The predicted octanol–water partition coefficient (Wildman–Crippen LogP) is -0.459. The third-order valence-electron chi connectivity index (χ3n) is 2.43. The van der Waals surface area contributed by atoms with Crippen molar-refractivity contribution in [2.75, 3.05) is 26.8 Å². The van der Waals surface area contributed by atoms with Gasteiger partial charge in [-0.2, -0.15) is 0 Å². The summed E-state index contributed by atoms with van der Waals surface area (Å²) in [5.41, 5.74) is 0.498. The highest BCUT2D eigenvalue weighted by molar-refractivity contribution is 5.73. The Bertz CT molecular complexity index is 448. The maximum Gasteiger partial charge on any atom is 0.325 e. The summed E-state index contributed by atoms with van der Waals surface area (Å²) >= 11 is 0. The number of ether oxygens (including phenoxy) is 1. The fourth-order valence-electron chi connectivity index (χ4n) is 1.38. The molecule has 0 spiro atoms. The zero-order chi connectivity index (χ0) is 15.0. The lowest BCUT2D eigenvalue weighted by atomic mass is 10.4. The topological polar surface area (TPSA) is 110 Å². The summed E-state index contributed by atoms with van der Waals surface area (Å²) in [6.45, 7) is 3.41. The number of nitrogens with one attached hydrogen (secondary N) is 1. The molecule has 2 N–H and O–H groups in total. The van der Waals surface area contributed by atoms with E-state index in [0.29, 0.717) is 25.5 Å². The van der Waals surface area contributed by atoms with Crippen LogP contribution in [0.15, 0.2) is 6.20 Å². The highest BCUT2D eigenvalue weighted by Gasteiger charge is 2.09. The molecule has 0 aliphatic rings. The molecule has 0 fully saturated rings. The number of urea groups is 1. The Labute approximate surface area is 116 Å². The van der Waals surface area contributed by atoms with E-state index in [0.717, 1.165) is 0 Å². The van der Waals surface area contributed by atoms with Crippen LogP contribution in [0.4, 0.5) is 4.79 Å². The normalized spacial score (nSPS) is 10.3. The van der Waals surface area contributed by atoms with Gasteiger partial charge < -0.3 is 20.1 Å². The van der Waals surface area contributed by atoms with Crippen molar-refractivity contribution >= 4 is 12.0 Å². The number of aromatic nitrogens is 3. The molecule has 0 radical (unpaired) electrons. The zero-order valence-electron chi connectivity index (χ0n) is 11.6. The number of carbonyl (C=O) groups excluding carboxylic acids is 1. The van der Waals surface area contributed by atoms with E-state index in [-0.39, 0.29) is 19.1 Å². The Morgan fingerprint density at radius 1 is 1.55 bits per heavy atom. The first-order valence-corrected chi connectivity index (χ1v) is 6.20. The Kier molecular flexibility index (Phi) is 6.44. The summed E-state index contributed by atoms with van der Waals surface area (Å²) in [7, 11) is 1.66. The molecular weight excluding hydrogens is 266 g/mol. The van der Waals surface area contributed by atoms with Gasteiger partial charge in [-0.1, -0.05) is 5.21 Å². The molecule has 0 aliphatic heterocycles. The minimum Gasteiger partial charge on any atom is -0.480 e. The highest BCUT2D eigenvalue weighted by atomic mass is 16.5. The lowest BCUT2D eigenvalue weighted by Crippen LogP contribution is -2.38. The molecular formula is C11H19N5O4. The number of carboxylic acid groups (broad SMARTS) is 1. The van der Waals surface area contributed by atoms with Crippen LogP contribution < -0.4 is 5.32 Å². The second-order valence-electron chi connectivity index (χ2n) is 4.08. The van der Waals surface area contributed by atoms with Gasteiger partial charge in [0.2, 0.25) is 0 Å². The van der Waals surface area contributed by atoms with Gasteiger partial charge in [-0.25, -0.2) is 9.48 Å². The molecule has 0 unspecified atom stereocenters. The van der Waals surface area contributed by atoms with Gasteiger partial charge in [-0.05, 0) is 6.92 Å². The van der Waals surface area contributed by atoms with Gasteiger partial charge in [0.1, 0.15) is 12.2 Å². The van der Waals surface area contributed by atoms with Crippen LogP contribution in [0.3, 0.4) is 0 Å². The third-order valence-corrected chi connectivity index (χ3v) is 2.43. The van der Waals surface area contributed by atoms with Crippen molar-refractivity contribution in [2.24, 2.45) is 0 Å². The largest absolute Gasteiger partial charge is 0.480 e. The first kappa shape index (κ1) is 15.9. The fraction of sp³-hybridized carbons (Fsp3) is 0.636. The number of rotatable bonds is 8. The van der Waals surface area contributed by atoms with Gasteiger partial charge >= 0.3 is 12.0 Å². The van der Waals surface area contributed by atoms with E-state index in [2.05, 4.69) is 15.6 Å². The molecule has 9 nitrogen and oxygen atoms in total. The number of amides is 2. The van der Waals surface area contributed by atoms with Gasteiger partial charge in [-0.15, -0.1) is 5.10 Å². The number of nitrogens with zero attached hydrogens (tertiary/aromatic N) is 4. The van der Waals surface area contributed by atoms with Gasteiger partial charge in [0.15, 0.2) is 0 Å². The summed E-state index contributed by atoms with van der Waals surface area (Å²) in [5.74, 6) is -0.999. The third kappa shape index (κ3) is 5.65. The van der Waals surface area contributed by atoms with Crippen LogP contribution in [0.1, 0.15) is 12.6 Å². The predicted molar refractivity (Wildman–Crippen MR) is 69.0 cm³/mol. The van der Waals surface area contributed by atoms with Crippen molar-refractivity contribution in [3.63, 3.8) is 0 Å². The molecule has 9 heteroatoms. The molecule has 2 amide bonds. The SMILES string of the molecule is CCOCCN(C)C(=O)NCc1cn(CC(=O)O)nn1. The van der Waals surface area contributed by atoms with E-state index in [1.807, 2.05) is 6.92 Å². The van der Waals surface area contributed by atoms with Crippen LogP contribution in [0.25, 0.3) is 0 Å². The molecule has 1 aromatic heterocycles. The van der Waals surface area contributed by atoms with Crippen LogP contribution in [0, 0.1) is 0 Å². The van der Waals surface area contributed by atoms with E-state index < -0.39 is 5.97 Å². The second kappa shape index (κ2) is 8.10. The van der Waals surface area contributed by atoms with Crippen LogP contribution in [-0.4, -0.2) is 63.8 Å². The Morgan fingerprint density at radius 3 is 2.95 bits per heavy atom. The van der Waals surface area contributed by atoms with E-state index in [1.54, 1.807) is 7.05 Å². The maximum atomic E-state index is 11.7. The molecule has 112 valence electrons. The molecule has 1 aromatic rings. The smallest absolute Gasteiger partial charge is 0.325 e. The summed E-state index contributed by atoms with van der Waals surface area (Å²) < 4.78 is 6.35. The number of hydrogen-bond acceptors (Lipinski definition) is 5. The molecule has 1 heterocycles. The van der Waals surface area contributed by atoms with Gasteiger partial charge in [0.25, 0.3) is 0 Å². The first-order valence-electron chi connectivity index (χ1n) is 6.20. The number of aliphatic carboxylic acids is 1. The summed E-state index contributed by atoms with van der Waals surface area (Å²) in [6, 6.07) is -0.252. The van der Waals surface area contributed by atoms with Crippen molar-refractivity contribution in [2.45, 2.75) is 20.0 Å². The average molecular weight is 285 g/mol. The quantitative estimate of drug-likeness (QED) is 0.625. The molecule has 0 bridgehead atoms. The molecule has 0 saturated heterocycles. The van der Waals surface area contributed by atoms with Crippen molar-refractivity contribution in [3.05, 3.63) is 11.9 Å². The zero-order valence-corrected chi connectivity index (χ0v) is 11.6. The highest BCUT2D eigenvalue weighted by Crippen LogP contribution is 1.94. The Morgan fingerprint density at radius 2 is 2.30 bits per heavy atom.